The summed E-state index contributed by atoms with van der Waals surface area (Å²) in [6.45, 7) is 1.79. The van der Waals surface area contributed by atoms with Crippen LogP contribution in [-0.2, 0) is 4.74 Å². The maximum absolute atomic E-state index is 13.6. The molecule has 3 rings (SSSR count). The summed E-state index contributed by atoms with van der Waals surface area (Å²) in [6, 6.07) is 19.0. The number of hydrogen-bond donors (Lipinski definition) is 2. The molecule has 174 valence electrons. The van der Waals surface area contributed by atoms with Crippen LogP contribution in [0.5, 0.6) is 5.75 Å². The molecule has 3 aromatic carbocycles. The van der Waals surface area contributed by atoms with E-state index in [1.165, 1.54) is 19.2 Å². The number of nitrogens with zero attached hydrogens (tertiary/aromatic N) is 2. The van der Waals surface area contributed by atoms with E-state index in [0.717, 1.165) is 4.90 Å². The third-order valence-electron chi connectivity index (χ3n) is 4.81. The van der Waals surface area contributed by atoms with E-state index in [0.29, 0.717) is 11.3 Å². The highest BCUT2D eigenvalue weighted by molar-refractivity contribution is 6.27. The van der Waals surface area contributed by atoms with Gasteiger partial charge in [0.15, 0.2) is 0 Å². The van der Waals surface area contributed by atoms with Crippen LogP contribution < -0.4 is 21.1 Å². The molecule has 0 heterocycles. The lowest BCUT2D eigenvalue weighted by Crippen LogP contribution is -2.37. The molecule has 0 aliphatic heterocycles. The van der Waals surface area contributed by atoms with Crippen molar-refractivity contribution in [2.24, 2.45) is 10.7 Å². The van der Waals surface area contributed by atoms with E-state index in [-0.39, 0.29) is 34.9 Å². The third-order valence-corrected chi connectivity index (χ3v) is 4.81. The predicted molar refractivity (Wildman–Crippen MR) is 129 cm³/mol. The minimum absolute atomic E-state index is 0.125. The van der Waals surface area contributed by atoms with Crippen LogP contribution in [0.3, 0.4) is 0 Å². The molecule has 0 spiro atoms. The first-order valence-electron chi connectivity index (χ1n) is 10.3. The summed E-state index contributed by atoms with van der Waals surface area (Å²) in [5, 5.41) is 0. The number of aliphatic imine (C=N–C) groups is 1. The van der Waals surface area contributed by atoms with Crippen molar-refractivity contribution in [3.05, 3.63) is 89.5 Å². The first-order valence-corrected chi connectivity index (χ1v) is 10.3. The lowest BCUT2D eigenvalue weighted by molar-refractivity contribution is 0.0897. The van der Waals surface area contributed by atoms with Gasteiger partial charge in [-0.05, 0) is 55.5 Å². The fourth-order valence-electron chi connectivity index (χ4n) is 3.12. The zero-order valence-corrected chi connectivity index (χ0v) is 18.7. The van der Waals surface area contributed by atoms with E-state index in [1.807, 2.05) is 0 Å². The molecule has 0 atom stereocenters. The smallest absolute Gasteiger partial charge is 0.435 e. The highest BCUT2D eigenvalue weighted by atomic mass is 16.5. The quantitative estimate of drug-likeness (QED) is 0.248. The Morgan fingerprint density at radius 2 is 1.53 bits per heavy atom. The highest BCUT2D eigenvalue weighted by Crippen LogP contribution is 2.27. The van der Waals surface area contributed by atoms with Crippen molar-refractivity contribution in [3.8, 4) is 5.75 Å². The van der Waals surface area contributed by atoms with Gasteiger partial charge in [-0.3, -0.25) is 9.59 Å². The Labute approximate surface area is 196 Å². The van der Waals surface area contributed by atoms with E-state index < -0.39 is 17.9 Å². The summed E-state index contributed by atoms with van der Waals surface area (Å²) < 4.78 is 9.91. The Bertz CT molecular complexity index is 1240. The lowest BCUT2D eigenvalue weighted by atomic mass is 10.1. The fourth-order valence-corrected chi connectivity index (χ4v) is 3.12. The van der Waals surface area contributed by atoms with Gasteiger partial charge in [0.25, 0.3) is 11.8 Å². The molecule has 0 aliphatic carbocycles. The van der Waals surface area contributed by atoms with Crippen LogP contribution >= 0.6 is 0 Å². The van der Waals surface area contributed by atoms with Crippen LogP contribution in [0.1, 0.15) is 33.2 Å². The number of amidine groups is 1. The van der Waals surface area contributed by atoms with Gasteiger partial charge in [0.1, 0.15) is 11.6 Å². The number of carbonyl (C=O) groups excluding carboxylic acids is 3. The summed E-state index contributed by atoms with van der Waals surface area (Å²) in [7, 11) is 1.52. The average Bonchev–Trinajstić information content (AvgIpc) is 2.85. The number of carbonyl (C=O) groups is 3. The summed E-state index contributed by atoms with van der Waals surface area (Å²) in [5.41, 5.74) is 13.2. The number of anilines is 2. The molecule has 3 amide bonds. The Kier molecular flexibility index (Phi) is 7.60. The van der Waals surface area contributed by atoms with Crippen LogP contribution in [0, 0.1) is 0 Å². The van der Waals surface area contributed by atoms with Crippen molar-refractivity contribution in [1.82, 2.24) is 0 Å². The van der Waals surface area contributed by atoms with E-state index in [9.17, 15) is 14.4 Å². The van der Waals surface area contributed by atoms with Gasteiger partial charge in [0.05, 0.1) is 25.1 Å². The number of methoxy groups -OCH3 is 1. The number of rotatable bonds is 6. The first kappa shape index (κ1) is 24.0. The second-order valence-corrected chi connectivity index (χ2v) is 7.01. The van der Waals surface area contributed by atoms with Crippen molar-refractivity contribution in [2.45, 2.75) is 6.92 Å². The van der Waals surface area contributed by atoms with Gasteiger partial charge in [-0.1, -0.05) is 24.3 Å². The number of hydrogen-bond acceptors (Lipinski definition) is 6. The molecule has 0 bridgehead atoms. The van der Waals surface area contributed by atoms with Gasteiger partial charge in [-0.2, -0.15) is 4.99 Å². The summed E-state index contributed by atoms with van der Waals surface area (Å²) in [6.07, 6.45) is -0.843. The maximum atomic E-state index is 13.6. The first-order chi connectivity index (χ1) is 16.3. The number of imide groups is 1. The normalized spacial score (nSPS) is 10.9. The zero-order chi connectivity index (χ0) is 24.7. The molecule has 4 N–H and O–H groups in total. The van der Waals surface area contributed by atoms with Gasteiger partial charge in [-0.25, -0.2) is 9.69 Å². The van der Waals surface area contributed by atoms with E-state index in [4.69, 9.17) is 20.9 Å². The number of ether oxygens (including phenoxy) is 2. The topological polar surface area (TPSA) is 137 Å². The molecule has 0 aromatic heterocycles. The molecular formula is C25H24N4O5. The Morgan fingerprint density at radius 1 is 0.882 bits per heavy atom. The van der Waals surface area contributed by atoms with E-state index in [1.54, 1.807) is 67.6 Å². The standard InChI is InChI=1S/C25H24N4O5/c1-3-34-25(32)28-22(27)17-7-6-8-18(15-17)24(31)29(21-10-5-4-9-20(21)26)23(30)16-11-13-19(33-2)14-12-16/h4-15H,3,26H2,1-2H3,(H2,27,28,32). The Morgan fingerprint density at radius 3 is 2.18 bits per heavy atom. The predicted octanol–water partition coefficient (Wildman–Crippen LogP) is 3.63. The van der Waals surface area contributed by atoms with Gasteiger partial charge in [-0.15, -0.1) is 0 Å². The third kappa shape index (κ3) is 5.39. The van der Waals surface area contributed by atoms with Crippen molar-refractivity contribution < 1.29 is 23.9 Å². The fraction of sp³-hybridized carbons (Fsp3) is 0.120. The lowest BCUT2D eigenvalue weighted by Gasteiger charge is -2.23. The molecular weight excluding hydrogens is 436 g/mol. The number of nitrogen functional groups attached to an aromatic ring is 1. The molecule has 0 radical (unpaired) electrons. The molecule has 0 fully saturated rings. The van der Waals surface area contributed by atoms with Crippen LogP contribution in [0.25, 0.3) is 0 Å². The van der Waals surface area contributed by atoms with Gasteiger partial charge >= 0.3 is 6.09 Å². The Balaban J connectivity index is 2.03. The molecule has 0 aliphatic rings. The number of amides is 3. The molecule has 34 heavy (non-hydrogen) atoms. The van der Waals surface area contributed by atoms with Gasteiger partial charge in [0, 0.05) is 16.7 Å². The van der Waals surface area contributed by atoms with Crippen molar-refractivity contribution in [2.75, 3.05) is 24.4 Å². The zero-order valence-electron chi connectivity index (χ0n) is 18.7. The van der Waals surface area contributed by atoms with Crippen LogP contribution in [0.2, 0.25) is 0 Å². The van der Waals surface area contributed by atoms with Gasteiger partial charge < -0.3 is 20.9 Å². The Hall–Kier alpha value is -4.66. The number of para-hydroxylation sites is 2. The van der Waals surface area contributed by atoms with Crippen molar-refractivity contribution in [1.29, 1.82) is 0 Å². The molecule has 0 saturated heterocycles. The second-order valence-electron chi connectivity index (χ2n) is 7.01. The molecule has 3 aromatic rings. The van der Waals surface area contributed by atoms with Crippen LogP contribution in [0.4, 0.5) is 16.2 Å². The average molecular weight is 460 g/mol. The van der Waals surface area contributed by atoms with E-state index in [2.05, 4.69) is 4.99 Å². The highest BCUT2D eigenvalue weighted by Gasteiger charge is 2.28. The van der Waals surface area contributed by atoms with Crippen molar-refractivity contribution >= 4 is 35.1 Å². The molecule has 0 saturated carbocycles. The van der Waals surface area contributed by atoms with E-state index >= 15 is 0 Å². The SMILES string of the molecule is CCOC(=O)N=C(N)c1cccc(C(=O)N(C(=O)c2ccc(OC)cc2)c2ccccc2N)c1. The monoisotopic (exact) mass is 460 g/mol. The molecule has 9 nitrogen and oxygen atoms in total. The largest absolute Gasteiger partial charge is 0.497 e. The summed E-state index contributed by atoms with van der Waals surface area (Å²) in [5.74, 6) is -0.772. The summed E-state index contributed by atoms with van der Waals surface area (Å²) in [4.78, 5) is 43.3. The second kappa shape index (κ2) is 10.8. The minimum atomic E-state index is -0.843. The van der Waals surface area contributed by atoms with Crippen LogP contribution in [0.15, 0.2) is 77.8 Å². The summed E-state index contributed by atoms with van der Waals surface area (Å²) >= 11 is 0. The number of benzene rings is 3. The molecule has 9 heteroatoms. The maximum Gasteiger partial charge on any atom is 0.435 e. The van der Waals surface area contributed by atoms with Crippen LogP contribution in [-0.4, -0.2) is 37.5 Å². The number of nitrogens with two attached hydrogens (primary N) is 2. The minimum Gasteiger partial charge on any atom is -0.497 e. The molecule has 0 unspecified atom stereocenters. The van der Waals surface area contributed by atoms with Crippen molar-refractivity contribution in [3.63, 3.8) is 0 Å². The van der Waals surface area contributed by atoms with Gasteiger partial charge in [0.2, 0.25) is 0 Å².